The van der Waals surface area contributed by atoms with Gasteiger partial charge in [0.25, 0.3) is 5.91 Å². The van der Waals surface area contributed by atoms with Crippen LogP contribution < -0.4 is 10.9 Å². The van der Waals surface area contributed by atoms with Crippen LogP contribution in [0.4, 0.5) is 0 Å². The van der Waals surface area contributed by atoms with Crippen molar-refractivity contribution in [3.8, 4) is 0 Å². The molecule has 0 aliphatic heterocycles. The minimum absolute atomic E-state index is 0.138. The molecule has 1 aromatic heterocycles. The van der Waals surface area contributed by atoms with Crippen LogP contribution in [-0.4, -0.2) is 10.9 Å². The maximum absolute atomic E-state index is 11.7. The molecule has 1 amide bonds. The van der Waals surface area contributed by atoms with Crippen LogP contribution in [0, 0.1) is 6.92 Å². The molecule has 0 fully saturated rings. The van der Waals surface area contributed by atoms with Gasteiger partial charge < -0.3 is 0 Å². The number of hydrogen-bond acceptors (Lipinski definition) is 3. The quantitative estimate of drug-likeness (QED) is 0.803. The molecule has 2 aromatic rings. The predicted octanol–water partition coefficient (Wildman–Crippen LogP) is 1.82. The van der Waals surface area contributed by atoms with E-state index in [1.165, 1.54) is 0 Å². The first kappa shape index (κ1) is 12.3. The number of hydrogen-bond donors (Lipinski definition) is 2. The van der Waals surface area contributed by atoms with Gasteiger partial charge in [-0.2, -0.15) is 0 Å². The van der Waals surface area contributed by atoms with Crippen molar-refractivity contribution in [1.82, 2.24) is 15.8 Å². The number of nitrogens with zero attached hydrogens (tertiary/aromatic N) is 1. The SMILES string of the molecule is Cc1cc(CNNC(=O)c2ccccc2)ccn1. The second-order valence-corrected chi connectivity index (χ2v) is 3.98. The lowest BCUT2D eigenvalue weighted by Crippen LogP contribution is -2.36. The first-order valence-electron chi connectivity index (χ1n) is 5.75. The summed E-state index contributed by atoms with van der Waals surface area (Å²) in [4.78, 5) is 15.8. The number of pyridine rings is 1. The van der Waals surface area contributed by atoms with E-state index in [2.05, 4.69) is 15.8 Å². The number of carbonyl (C=O) groups is 1. The molecule has 18 heavy (non-hydrogen) atoms. The molecule has 0 aliphatic rings. The minimum Gasteiger partial charge on any atom is -0.287 e. The van der Waals surface area contributed by atoms with Gasteiger partial charge in [0.2, 0.25) is 0 Å². The monoisotopic (exact) mass is 241 g/mol. The van der Waals surface area contributed by atoms with E-state index in [1.54, 1.807) is 18.3 Å². The van der Waals surface area contributed by atoms with Crippen LogP contribution in [0.15, 0.2) is 48.7 Å². The van der Waals surface area contributed by atoms with E-state index in [0.29, 0.717) is 12.1 Å². The fraction of sp³-hybridized carbons (Fsp3) is 0.143. The summed E-state index contributed by atoms with van der Waals surface area (Å²) in [6.07, 6.45) is 1.76. The van der Waals surface area contributed by atoms with Crippen LogP contribution in [0.5, 0.6) is 0 Å². The molecule has 0 aliphatic carbocycles. The normalized spacial score (nSPS) is 10.1. The Labute approximate surface area is 106 Å². The van der Waals surface area contributed by atoms with E-state index >= 15 is 0 Å². The van der Waals surface area contributed by atoms with E-state index in [4.69, 9.17) is 0 Å². The molecule has 4 heteroatoms. The molecule has 0 saturated heterocycles. The van der Waals surface area contributed by atoms with E-state index in [1.807, 2.05) is 37.3 Å². The Morgan fingerprint density at radius 3 is 2.72 bits per heavy atom. The summed E-state index contributed by atoms with van der Waals surface area (Å²) >= 11 is 0. The van der Waals surface area contributed by atoms with Crippen molar-refractivity contribution in [2.75, 3.05) is 0 Å². The summed E-state index contributed by atoms with van der Waals surface area (Å²) < 4.78 is 0. The van der Waals surface area contributed by atoms with Gasteiger partial charge in [0, 0.05) is 24.0 Å². The summed E-state index contributed by atoms with van der Waals surface area (Å²) in [6, 6.07) is 13.0. The molecule has 92 valence electrons. The number of benzene rings is 1. The third kappa shape index (κ3) is 3.40. The molecule has 0 saturated carbocycles. The van der Waals surface area contributed by atoms with Crippen molar-refractivity contribution >= 4 is 5.91 Å². The fourth-order valence-electron chi connectivity index (χ4n) is 1.60. The summed E-state index contributed by atoms with van der Waals surface area (Å²) in [5.41, 5.74) is 8.23. The Bertz CT molecular complexity index is 526. The second kappa shape index (κ2) is 5.93. The Hall–Kier alpha value is -2.20. The Kier molecular flexibility index (Phi) is 4.04. The Morgan fingerprint density at radius 1 is 1.22 bits per heavy atom. The van der Waals surface area contributed by atoms with Gasteiger partial charge in [-0.25, -0.2) is 5.43 Å². The first-order valence-corrected chi connectivity index (χ1v) is 5.75. The van der Waals surface area contributed by atoms with Gasteiger partial charge in [-0.1, -0.05) is 18.2 Å². The molecule has 1 heterocycles. The van der Waals surface area contributed by atoms with Crippen molar-refractivity contribution in [1.29, 1.82) is 0 Å². The lowest BCUT2D eigenvalue weighted by Gasteiger charge is -2.07. The lowest BCUT2D eigenvalue weighted by atomic mass is 10.2. The van der Waals surface area contributed by atoms with Crippen molar-refractivity contribution < 1.29 is 4.79 Å². The molecule has 2 rings (SSSR count). The Morgan fingerprint density at radius 2 is 2.00 bits per heavy atom. The highest BCUT2D eigenvalue weighted by Gasteiger charge is 2.02. The Balaban J connectivity index is 1.84. The van der Waals surface area contributed by atoms with Crippen LogP contribution in [0.25, 0.3) is 0 Å². The molecule has 4 nitrogen and oxygen atoms in total. The van der Waals surface area contributed by atoms with Crippen LogP contribution >= 0.6 is 0 Å². The van der Waals surface area contributed by atoms with Crippen molar-refractivity contribution in [3.05, 3.63) is 65.5 Å². The lowest BCUT2D eigenvalue weighted by molar-refractivity contribution is 0.0932. The zero-order valence-electron chi connectivity index (χ0n) is 10.2. The molecule has 0 radical (unpaired) electrons. The van der Waals surface area contributed by atoms with Gasteiger partial charge in [0.05, 0.1) is 0 Å². The van der Waals surface area contributed by atoms with E-state index < -0.39 is 0 Å². The highest BCUT2D eigenvalue weighted by Crippen LogP contribution is 2.00. The van der Waals surface area contributed by atoms with Crippen LogP contribution in [-0.2, 0) is 6.54 Å². The molecule has 2 N–H and O–H groups in total. The van der Waals surface area contributed by atoms with E-state index in [0.717, 1.165) is 11.3 Å². The maximum Gasteiger partial charge on any atom is 0.265 e. The number of aryl methyl sites for hydroxylation is 1. The number of rotatable bonds is 4. The number of carbonyl (C=O) groups excluding carboxylic acids is 1. The molecule has 0 bridgehead atoms. The number of amides is 1. The number of aromatic nitrogens is 1. The number of hydrazine groups is 1. The van der Waals surface area contributed by atoms with Gasteiger partial charge in [-0.05, 0) is 36.8 Å². The standard InChI is InChI=1S/C14H15N3O/c1-11-9-12(7-8-15-11)10-16-17-14(18)13-5-3-2-4-6-13/h2-9,16H,10H2,1H3,(H,17,18). The smallest absolute Gasteiger partial charge is 0.265 e. The second-order valence-electron chi connectivity index (χ2n) is 3.98. The van der Waals surface area contributed by atoms with Crippen LogP contribution in [0.3, 0.4) is 0 Å². The minimum atomic E-state index is -0.138. The van der Waals surface area contributed by atoms with E-state index in [-0.39, 0.29) is 5.91 Å². The highest BCUT2D eigenvalue weighted by atomic mass is 16.2. The van der Waals surface area contributed by atoms with Gasteiger partial charge >= 0.3 is 0 Å². The van der Waals surface area contributed by atoms with Gasteiger partial charge in [-0.15, -0.1) is 0 Å². The molecular formula is C14H15N3O. The fourth-order valence-corrected chi connectivity index (χ4v) is 1.60. The summed E-state index contributed by atoms with van der Waals surface area (Å²) in [5.74, 6) is -0.138. The van der Waals surface area contributed by atoms with Crippen LogP contribution in [0.1, 0.15) is 21.6 Å². The average molecular weight is 241 g/mol. The largest absolute Gasteiger partial charge is 0.287 e. The van der Waals surface area contributed by atoms with Gasteiger partial charge in [0.1, 0.15) is 0 Å². The topological polar surface area (TPSA) is 54.0 Å². The van der Waals surface area contributed by atoms with Crippen molar-refractivity contribution in [3.63, 3.8) is 0 Å². The van der Waals surface area contributed by atoms with Crippen molar-refractivity contribution in [2.45, 2.75) is 13.5 Å². The van der Waals surface area contributed by atoms with E-state index in [9.17, 15) is 4.79 Å². The van der Waals surface area contributed by atoms with Gasteiger partial charge in [-0.3, -0.25) is 15.2 Å². The summed E-state index contributed by atoms with van der Waals surface area (Å²) in [6.45, 7) is 2.51. The number of nitrogens with one attached hydrogen (secondary N) is 2. The summed E-state index contributed by atoms with van der Waals surface area (Å²) in [5, 5.41) is 0. The molecule has 0 atom stereocenters. The predicted molar refractivity (Wildman–Crippen MR) is 69.7 cm³/mol. The zero-order valence-corrected chi connectivity index (χ0v) is 10.2. The van der Waals surface area contributed by atoms with Crippen LogP contribution in [0.2, 0.25) is 0 Å². The maximum atomic E-state index is 11.7. The first-order chi connectivity index (χ1) is 8.75. The third-order valence-corrected chi connectivity index (χ3v) is 2.49. The highest BCUT2D eigenvalue weighted by molar-refractivity contribution is 5.93. The van der Waals surface area contributed by atoms with Crippen molar-refractivity contribution in [2.24, 2.45) is 0 Å². The molecule has 1 aromatic carbocycles. The molecule has 0 unspecified atom stereocenters. The summed E-state index contributed by atoms with van der Waals surface area (Å²) in [7, 11) is 0. The van der Waals surface area contributed by atoms with Gasteiger partial charge in [0.15, 0.2) is 0 Å². The molecule has 0 spiro atoms. The molecular weight excluding hydrogens is 226 g/mol. The average Bonchev–Trinajstić information content (AvgIpc) is 2.40. The zero-order chi connectivity index (χ0) is 12.8. The third-order valence-electron chi connectivity index (χ3n) is 2.49.